The van der Waals surface area contributed by atoms with Gasteiger partial charge in [0, 0.05) is 24.8 Å². The van der Waals surface area contributed by atoms with Gasteiger partial charge < -0.3 is 4.57 Å². The Labute approximate surface area is 112 Å². The van der Waals surface area contributed by atoms with Crippen molar-refractivity contribution < 1.29 is 8.42 Å². The number of hydrogen-bond acceptors (Lipinski definition) is 2. The zero-order valence-electron chi connectivity index (χ0n) is 9.84. The van der Waals surface area contributed by atoms with Gasteiger partial charge in [-0.1, -0.05) is 18.2 Å². The zero-order valence-corrected chi connectivity index (χ0v) is 11.4. The van der Waals surface area contributed by atoms with E-state index in [-0.39, 0.29) is 5.21 Å². The van der Waals surface area contributed by atoms with E-state index in [0.717, 1.165) is 18.5 Å². The minimum atomic E-state index is -3.30. The van der Waals surface area contributed by atoms with Crippen molar-refractivity contribution in [1.82, 2.24) is 9.29 Å². The quantitative estimate of drug-likeness (QED) is 0.653. The number of aromatic nitrogens is 1. The summed E-state index contributed by atoms with van der Waals surface area (Å²) < 4.78 is 26.8. The third kappa shape index (κ3) is 3.25. The molecular formula is C12H15ClN2O2S. The van der Waals surface area contributed by atoms with Crippen molar-refractivity contribution in [3.63, 3.8) is 0 Å². The molecule has 18 heavy (non-hydrogen) atoms. The van der Waals surface area contributed by atoms with Gasteiger partial charge in [0.1, 0.15) is 5.21 Å². The molecule has 0 fully saturated rings. The van der Waals surface area contributed by atoms with E-state index < -0.39 is 10.0 Å². The molecule has 0 bridgehead atoms. The van der Waals surface area contributed by atoms with Crippen molar-refractivity contribution in [3.05, 3.63) is 36.5 Å². The van der Waals surface area contributed by atoms with Crippen LogP contribution < -0.4 is 4.72 Å². The third-order valence-corrected chi connectivity index (χ3v) is 4.51. The van der Waals surface area contributed by atoms with Crippen molar-refractivity contribution >= 4 is 32.5 Å². The molecular weight excluding hydrogens is 272 g/mol. The Morgan fingerprint density at radius 3 is 2.78 bits per heavy atom. The molecule has 0 unspecified atom stereocenters. The van der Waals surface area contributed by atoms with Gasteiger partial charge in [0.05, 0.1) is 0 Å². The van der Waals surface area contributed by atoms with Crippen LogP contribution in [-0.4, -0.2) is 24.7 Å². The summed E-state index contributed by atoms with van der Waals surface area (Å²) in [6.45, 7) is 1.18. The van der Waals surface area contributed by atoms with Crippen molar-refractivity contribution in [1.29, 1.82) is 0 Å². The summed E-state index contributed by atoms with van der Waals surface area (Å²) in [5, 5.41) is 0.804. The van der Waals surface area contributed by atoms with E-state index >= 15 is 0 Å². The summed E-state index contributed by atoms with van der Waals surface area (Å²) in [4.78, 5) is 0. The number of aryl methyl sites for hydroxylation is 1. The fourth-order valence-electron chi connectivity index (χ4n) is 1.85. The highest BCUT2D eigenvalue weighted by molar-refractivity contribution is 7.90. The van der Waals surface area contributed by atoms with Crippen molar-refractivity contribution in [2.24, 2.45) is 0 Å². The van der Waals surface area contributed by atoms with Crippen LogP contribution >= 0.6 is 11.6 Å². The summed E-state index contributed by atoms with van der Waals surface area (Å²) >= 11 is 5.29. The Balaban J connectivity index is 1.91. The van der Waals surface area contributed by atoms with Gasteiger partial charge in [-0.15, -0.1) is 11.6 Å². The maximum atomic E-state index is 11.1. The van der Waals surface area contributed by atoms with E-state index in [1.807, 2.05) is 18.3 Å². The smallest absolute Gasteiger partial charge is 0.225 e. The van der Waals surface area contributed by atoms with E-state index in [1.54, 1.807) is 0 Å². The highest BCUT2D eigenvalue weighted by Crippen LogP contribution is 2.15. The standard InChI is InChI=1S/C12H15ClN2O2S/c13-10-18(16,17)14-7-3-8-15-9-6-11-4-1-2-5-12(11)15/h1-2,4-6,9,14H,3,7-8,10H2. The average Bonchev–Trinajstić information content (AvgIpc) is 2.78. The second kappa shape index (κ2) is 5.73. The Morgan fingerprint density at radius 2 is 2.00 bits per heavy atom. The normalized spacial score (nSPS) is 12.1. The third-order valence-electron chi connectivity index (χ3n) is 2.72. The number of para-hydroxylation sites is 1. The molecule has 0 amide bonds. The molecule has 4 nitrogen and oxygen atoms in total. The number of benzene rings is 1. The summed E-state index contributed by atoms with van der Waals surface area (Å²) in [5.41, 5.74) is 1.16. The maximum Gasteiger partial charge on any atom is 0.225 e. The molecule has 1 N–H and O–H groups in total. The maximum absolute atomic E-state index is 11.1. The number of nitrogens with zero attached hydrogens (tertiary/aromatic N) is 1. The van der Waals surface area contributed by atoms with E-state index in [0.29, 0.717) is 6.54 Å². The summed E-state index contributed by atoms with van der Waals surface area (Å²) in [5.74, 6) is 0. The van der Waals surface area contributed by atoms with E-state index in [2.05, 4.69) is 27.5 Å². The lowest BCUT2D eigenvalue weighted by atomic mass is 10.2. The molecule has 1 aromatic carbocycles. The molecule has 1 heterocycles. The average molecular weight is 287 g/mol. The molecule has 0 saturated carbocycles. The van der Waals surface area contributed by atoms with Crippen molar-refractivity contribution in [2.75, 3.05) is 11.8 Å². The Hall–Kier alpha value is -1.04. The van der Waals surface area contributed by atoms with Gasteiger partial charge in [-0.3, -0.25) is 0 Å². The summed E-state index contributed by atoms with van der Waals surface area (Å²) in [6.07, 6.45) is 2.75. The predicted molar refractivity (Wildman–Crippen MR) is 74.2 cm³/mol. The van der Waals surface area contributed by atoms with E-state index in [9.17, 15) is 8.42 Å². The number of halogens is 1. The zero-order chi connectivity index (χ0) is 13.0. The van der Waals surface area contributed by atoms with Gasteiger partial charge in [-0.05, 0) is 23.9 Å². The van der Waals surface area contributed by atoms with Crippen LogP contribution in [0.15, 0.2) is 36.5 Å². The minimum Gasteiger partial charge on any atom is -0.347 e. The molecule has 0 atom stereocenters. The van der Waals surface area contributed by atoms with Crippen LogP contribution in [0.4, 0.5) is 0 Å². The molecule has 0 spiro atoms. The first-order chi connectivity index (χ1) is 8.62. The number of rotatable bonds is 6. The van der Waals surface area contributed by atoms with Gasteiger partial charge in [-0.25, -0.2) is 13.1 Å². The number of alkyl halides is 1. The highest BCUT2D eigenvalue weighted by Gasteiger charge is 2.06. The molecule has 0 saturated heterocycles. The Bertz CT molecular complexity index is 622. The van der Waals surface area contributed by atoms with Gasteiger partial charge in [0.25, 0.3) is 0 Å². The second-order valence-corrected chi connectivity index (χ2v) is 6.43. The van der Waals surface area contributed by atoms with Crippen LogP contribution in [0.2, 0.25) is 0 Å². The minimum absolute atomic E-state index is 0.389. The Kier molecular flexibility index (Phi) is 4.27. The van der Waals surface area contributed by atoms with Gasteiger partial charge in [0.2, 0.25) is 10.0 Å². The highest BCUT2D eigenvalue weighted by atomic mass is 35.5. The second-order valence-electron chi connectivity index (χ2n) is 4.04. The molecule has 0 aliphatic carbocycles. The molecule has 0 aliphatic heterocycles. The van der Waals surface area contributed by atoms with Gasteiger partial charge in [-0.2, -0.15) is 0 Å². The van der Waals surface area contributed by atoms with Crippen molar-refractivity contribution in [2.45, 2.75) is 13.0 Å². The van der Waals surface area contributed by atoms with E-state index in [4.69, 9.17) is 11.6 Å². The van der Waals surface area contributed by atoms with Gasteiger partial charge in [0.15, 0.2) is 0 Å². The number of sulfonamides is 1. The topological polar surface area (TPSA) is 51.1 Å². The van der Waals surface area contributed by atoms with Crippen LogP contribution in [0.1, 0.15) is 6.42 Å². The van der Waals surface area contributed by atoms with Gasteiger partial charge >= 0.3 is 0 Å². The summed E-state index contributed by atoms with van der Waals surface area (Å²) in [7, 11) is -3.30. The lowest BCUT2D eigenvalue weighted by molar-refractivity contribution is 0.576. The number of nitrogens with one attached hydrogen (secondary N) is 1. The summed E-state index contributed by atoms with van der Waals surface area (Å²) in [6, 6.07) is 10.2. The molecule has 98 valence electrons. The molecule has 2 aromatic rings. The molecule has 2 rings (SSSR count). The fraction of sp³-hybridized carbons (Fsp3) is 0.333. The molecule has 0 aliphatic rings. The van der Waals surface area contributed by atoms with Crippen LogP contribution in [-0.2, 0) is 16.6 Å². The van der Waals surface area contributed by atoms with Crippen molar-refractivity contribution in [3.8, 4) is 0 Å². The van der Waals surface area contributed by atoms with E-state index in [1.165, 1.54) is 5.39 Å². The lowest BCUT2D eigenvalue weighted by Gasteiger charge is -2.06. The first-order valence-corrected chi connectivity index (χ1v) is 7.88. The van der Waals surface area contributed by atoms with Crippen LogP contribution in [0.25, 0.3) is 10.9 Å². The van der Waals surface area contributed by atoms with Crippen LogP contribution in [0.3, 0.4) is 0 Å². The molecule has 6 heteroatoms. The number of fused-ring (bicyclic) bond motifs is 1. The first-order valence-electron chi connectivity index (χ1n) is 5.69. The number of hydrogen-bond donors (Lipinski definition) is 1. The van der Waals surface area contributed by atoms with Crippen LogP contribution in [0.5, 0.6) is 0 Å². The monoisotopic (exact) mass is 286 g/mol. The Morgan fingerprint density at radius 1 is 1.22 bits per heavy atom. The lowest BCUT2D eigenvalue weighted by Crippen LogP contribution is -2.26. The molecule has 0 radical (unpaired) electrons. The van der Waals surface area contributed by atoms with Crippen LogP contribution in [0, 0.1) is 0 Å². The molecule has 1 aromatic heterocycles. The first kappa shape index (κ1) is 13.4. The SMILES string of the molecule is O=S(=O)(CCl)NCCCn1ccc2ccccc21. The predicted octanol–water partition coefficient (Wildman–Crippen LogP) is 2.15. The largest absolute Gasteiger partial charge is 0.347 e. The fourth-order valence-corrected chi connectivity index (χ4v) is 2.62.